The monoisotopic (exact) mass is 314 g/mol. The van der Waals surface area contributed by atoms with Crippen molar-refractivity contribution in [2.75, 3.05) is 12.4 Å². The Morgan fingerprint density at radius 2 is 2.00 bits per heavy atom. The van der Waals surface area contributed by atoms with Gasteiger partial charge in [-0.3, -0.25) is 4.79 Å². The van der Waals surface area contributed by atoms with Crippen molar-refractivity contribution in [3.63, 3.8) is 0 Å². The number of aryl methyl sites for hydroxylation is 1. The molecule has 7 heteroatoms. The molecule has 21 heavy (non-hydrogen) atoms. The summed E-state index contributed by atoms with van der Waals surface area (Å²) in [5.41, 5.74) is 0.992. The van der Waals surface area contributed by atoms with E-state index in [4.69, 9.17) is 9.88 Å². The van der Waals surface area contributed by atoms with Gasteiger partial charge in [0.1, 0.15) is 4.90 Å². The van der Waals surface area contributed by atoms with E-state index in [1.54, 1.807) is 13.0 Å². The molecule has 0 saturated heterocycles. The van der Waals surface area contributed by atoms with Gasteiger partial charge in [-0.25, -0.2) is 13.6 Å². The summed E-state index contributed by atoms with van der Waals surface area (Å²) in [4.78, 5) is 11.7. The second kappa shape index (κ2) is 7.42. The molecule has 0 atom stereocenters. The van der Waals surface area contributed by atoms with Crippen LogP contribution >= 0.6 is 0 Å². The molecule has 3 N–H and O–H groups in total. The van der Waals surface area contributed by atoms with Crippen LogP contribution in [0.25, 0.3) is 0 Å². The molecule has 0 fully saturated rings. The van der Waals surface area contributed by atoms with E-state index >= 15 is 0 Å². The number of hydrogen-bond donors (Lipinski definition) is 2. The van der Waals surface area contributed by atoms with E-state index in [1.807, 2.05) is 0 Å². The quantitative estimate of drug-likeness (QED) is 0.753. The molecule has 1 aromatic carbocycles. The summed E-state index contributed by atoms with van der Waals surface area (Å²) in [6, 6.07) is 3.08. The third kappa shape index (κ3) is 5.02. The Hall–Kier alpha value is -1.60. The summed E-state index contributed by atoms with van der Waals surface area (Å²) in [6.07, 6.45) is 3.17. The number of unbranched alkanes of at least 4 members (excludes halogenated alkanes) is 2. The van der Waals surface area contributed by atoms with Crippen molar-refractivity contribution in [2.45, 2.75) is 44.4 Å². The maximum atomic E-state index is 11.9. The Morgan fingerprint density at radius 3 is 2.52 bits per heavy atom. The van der Waals surface area contributed by atoms with Crippen molar-refractivity contribution in [3.05, 3.63) is 17.7 Å². The number of carbonyl (C=O) groups is 1. The lowest BCUT2D eigenvalue weighted by Crippen LogP contribution is -2.17. The summed E-state index contributed by atoms with van der Waals surface area (Å²) in [5, 5.41) is 7.87. The first-order chi connectivity index (χ1) is 9.79. The normalized spacial score (nSPS) is 11.2. The molecule has 1 aromatic rings. The number of methoxy groups -OCH3 is 1. The maximum Gasteiger partial charge on any atom is 0.241 e. The van der Waals surface area contributed by atoms with Gasteiger partial charge >= 0.3 is 0 Å². The number of amides is 1. The predicted octanol–water partition coefficient (Wildman–Crippen LogP) is 2.17. The van der Waals surface area contributed by atoms with E-state index in [0.29, 0.717) is 17.7 Å². The Balaban J connectivity index is 3.07. The van der Waals surface area contributed by atoms with Crippen LogP contribution in [0.1, 0.15) is 38.2 Å². The predicted molar refractivity (Wildman–Crippen MR) is 81.9 cm³/mol. The standard InChI is InChI=1S/C14H22N2O4S/c1-4-5-6-7-13(17)16-11-8-10(2)9-12(14(11)20-3)21(15,18)19/h8-9H,4-7H2,1-3H3,(H,16,17)(H2,15,18,19). The summed E-state index contributed by atoms with van der Waals surface area (Å²) in [6.45, 7) is 3.78. The fraction of sp³-hybridized carbons (Fsp3) is 0.500. The number of hydrogen-bond acceptors (Lipinski definition) is 4. The lowest BCUT2D eigenvalue weighted by atomic mass is 10.1. The summed E-state index contributed by atoms with van der Waals surface area (Å²) >= 11 is 0. The second-order valence-corrected chi connectivity index (χ2v) is 6.42. The van der Waals surface area contributed by atoms with Crippen LogP contribution in [0, 0.1) is 6.92 Å². The van der Waals surface area contributed by atoms with E-state index < -0.39 is 10.0 Å². The first-order valence-corrected chi connectivity index (χ1v) is 8.35. The van der Waals surface area contributed by atoms with Crippen molar-refractivity contribution in [2.24, 2.45) is 5.14 Å². The smallest absolute Gasteiger partial charge is 0.241 e. The first-order valence-electron chi connectivity index (χ1n) is 6.81. The number of sulfonamides is 1. The Bertz CT molecular complexity index is 612. The van der Waals surface area contributed by atoms with Crippen molar-refractivity contribution in [3.8, 4) is 5.75 Å². The minimum atomic E-state index is -3.92. The molecule has 1 amide bonds. The molecule has 0 aliphatic rings. The van der Waals surface area contributed by atoms with Gasteiger partial charge in [-0.1, -0.05) is 19.8 Å². The number of anilines is 1. The van der Waals surface area contributed by atoms with Crippen LogP contribution in [0.4, 0.5) is 5.69 Å². The number of nitrogens with two attached hydrogens (primary N) is 1. The highest BCUT2D eigenvalue weighted by atomic mass is 32.2. The van der Waals surface area contributed by atoms with Crippen molar-refractivity contribution in [1.29, 1.82) is 0 Å². The van der Waals surface area contributed by atoms with E-state index in [0.717, 1.165) is 19.3 Å². The van der Waals surface area contributed by atoms with Crippen LogP contribution in [0.5, 0.6) is 5.75 Å². The average Bonchev–Trinajstić information content (AvgIpc) is 2.37. The molecular weight excluding hydrogens is 292 g/mol. The minimum absolute atomic E-state index is 0.0620. The van der Waals surface area contributed by atoms with Crippen molar-refractivity contribution in [1.82, 2.24) is 0 Å². The highest BCUT2D eigenvalue weighted by molar-refractivity contribution is 7.89. The third-order valence-corrected chi connectivity index (χ3v) is 3.91. The molecule has 118 valence electrons. The molecule has 0 bridgehead atoms. The van der Waals surface area contributed by atoms with Gasteiger partial charge in [0.25, 0.3) is 0 Å². The van der Waals surface area contributed by atoms with E-state index in [1.165, 1.54) is 13.2 Å². The van der Waals surface area contributed by atoms with Gasteiger partial charge in [-0.2, -0.15) is 0 Å². The second-order valence-electron chi connectivity index (χ2n) is 4.89. The SMILES string of the molecule is CCCCCC(=O)Nc1cc(C)cc(S(N)(=O)=O)c1OC. The molecule has 0 aliphatic heterocycles. The van der Waals surface area contributed by atoms with Gasteiger partial charge in [-0.05, 0) is 31.0 Å². The van der Waals surface area contributed by atoms with Crippen molar-refractivity contribution >= 4 is 21.6 Å². The van der Waals surface area contributed by atoms with E-state index in [9.17, 15) is 13.2 Å². The molecule has 6 nitrogen and oxygen atoms in total. The summed E-state index contributed by atoms with van der Waals surface area (Å²) < 4.78 is 28.3. The number of nitrogens with one attached hydrogen (secondary N) is 1. The molecular formula is C14H22N2O4S. The van der Waals surface area contributed by atoms with Gasteiger partial charge in [0, 0.05) is 6.42 Å². The third-order valence-electron chi connectivity index (χ3n) is 2.99. The number of benzene rings is 1. The maximum absolute atomic E-state index is 11.9. The van der Waals surface area contributed by atoms with Gasteiger partial charge in [0.2, 0.25) is 15.9 Å². The van der Waals surface area contributed by atoms with Crippen LogP contribution < -0.4 is 15.2 Å². The first kappa shape index (κ1) is 17.5. The Morgan fingerprint density at radius 1 is 1.33 bits per heavy atom. The van der Waals surface area contributed by atoms with Crippen molar-refractivity contribution < 1.29 is 17.9 Å². The zero-order chi connectivity index (χ0) is 16.0. The number of carbonyl (C=O) groups excluding carboxylic acids is 1. The molecule has 0 aliphatic carbocycles. The summed E-state index contributed by atoms with van der Waals surface area (Å²) in [7, 11) is -2.58. The summed E-state index contributed by atoms with van der Waals surface area (Å²) in [5.74, 6) is -0.111. The van der Waals surface area contributed by atoms with Crippen LogP contribution in [-0.4, -0.2) is 21.4 Å². The molecule has 0 radical (unpaired) electrons. The Labute approximate surface area is 125 Å². The largest absolute Gasteiger partial charge is 0.493 e. The van der Waals surface area contributed by atoms with E-state index in [2.05, 4.69) is 12.2 Å². The van der Waals surface area contributed by atoms with Gasteiger partial charge < -0.3 is 10.1 Å². The average molecular weight is 314 g/mol. The minimum Gasteiger partial charge on any atom is -0.493 e. The highest BCUT2D eigenvalue weighted by Gasteiger charge is 2.20. The number of ether oxygens (including phenoxy) is 1. The molecule has 0 heterocycles. The van der Waals surface area contributed by atoms with Crippen LogP contribution in [-0.2, 0) is 14.8 Å². The fourth-order valence-electron chi connectivity index (χ4n) is 2.00. The molecule has 0 aromatic heterocycles. The van der Waals surface area contributed by atoms with Gasteiger partial charge in [0.15, 0.2) is 5.75 Å². The zero-order valence-corrected chi connectivity index (χ0v) is 13.4. The highest BCUT2D eigenvalue weighted by Crippen LogP contribution is 2.33. The topological polar surface area (TPSA) is 98.5 Å². The number of rotatable bonds is 7. The molecule has 0 unspecified atom stereocenters. The van der Waals surface area contributed by atoms with Gasteiger partial charge in [-0.15, -0.1) is 0 Å². The molecule has 1 rings (SSSR count). The van der Waals surface area contributed by atoms with E-state index in [-0.39, 0.29) is 16.6 Å². The van der Waals surface area contributed by atoms with Gasteiger partial charge in [0.05, 0.1) is 12.8 Å². The van der Waals surface area contributed by atoms with Crippen LogP contribution in [0.3, 0.4) is 0 Å². The zero-order valence-electron chi connectivity index (χ0n) is 12.6. The van der Waals surface area contributed by atoms with Crippen LogP contribution in [0.15, 0.2) is 17.0 Å². The van der Waals surface area contributed by atoms with Crippen LogP contribution in [0.2, 0.25) is 0 Å². The molecule has 0 saturated carbocycles. The Kier molecular flexibility index (Phi) is 6.17. The molecule has 0 spiro atoms. The lowest BCUT2D eigenvalue weighted by Gasteiger charge is -2.14. The fourth-order valence-corrected chi connectivity index (χ4v) is 2.80. The number of primary sulfonamides is 1. The lowest BCUT2D eigenvalue weighted by molar-refractivity contribution is -0.116.